The van der Waals surface area contributed by atoms with Crippen molar-refractivity contribution < 1.29 is 13.3 Å². The summed E-state index contributed by atoms with van der Waals surface area (Å²) in [5.41, 5.74) is 0. The molecule has 0 bridgehead atoms. The second-order valence-corrected chi connectivity index (χ2v) is 11.4. The van der Waals surface area contributed by atoms with Crippen molar-refractivity contribution in [2.75, 3.05) is 34.4 Å². The zero-order chi connectivity index (χ0) is 16.5. The molecule has 1 fully saturated rings. The largest absolute Gasteiger partial charge is 0.427 e. The summed E-state index contributed by atoms with van der Waals surface area (Å²) in [5.74, 6) is 0. The number of hydrogen-bond acceptors (Lipinski definition) is 4. The summed E-state index contributed by atoms with van der Waals surface area (Å²) in [5, 5.41) is 0.417. The molecule has 1 rings (SSSR count). The molecule has 1 aliphatic heterocycles. The van der Waals surface area contributed by atoms with E-state index >= 15 is 0 Å². The van der Waals surface area contributed by atoms with Gasteiger partial charge in [-0.15, -0.1) is 0 Å². The van der Waals surface area contributed by atoms with Crippen LogP contribution in [-0.4, -0.2) is 57.5 Å². The monoisotopic (exact) mass is 345 g/mol. The van der Waals surface area contributed by atoms with Gasteiger partial charge in [0.2, 0.25) is 9.76 Å². The fourth-order valence-electron chi connectivity index (χ4n) is 3.61. The Bertz CT molecular complexity index is 297. The Balaban J connectivity index is 2.30. The lowest BCUT2D eigenvalue weighted by Gasteiger charge is -2.32. The SMILES string of the molecule is CCC(CC)(CCCCCN1CCC[Si]1(OC)OC)[Si]OC. The van der Waals surface area contributed by atoms with Gasteiger partial charge in [-0.2, -0.15) is 0 Å². The van der Waals surface area contributed by atoms with E-state index in [1.807, 2.05) is 21.3 Å². The molecule has 6 heteroatoms. The molecule has 4 nitrogen and oxygen atoms in total. The molecular weight excluding hydrogens is 310 g/mol. The highest BCUT2D eigenvalue weighted by Gasteiger charge is 2.46. The summed E-state index contributed by atoms with van der Waals surface area (Å²) in [6, 6.07) is 1.11. The van der Waals surface area contributed by atoms with Crippen molar-refractivity contribution >= 4 is 18.5 Å². The van der Waals surface area contributed by atoms with Gasteiger partial charge in [0.25, 0.3) is 0 Å². The molecule has 0 aromatic rings. The van der Waals surface area contributed by atoms with Crippen molar-refractivity contribution in [1.82, 2.24) is 4.57 Å². The molecule has 1 aliphatic rings. The lowest BCUT2D eigenvalue weighted by atomic mass is 9.94. The Morgan fingerprint density at radius 2 is 1.73 bits per heavy atom. The average molecular weight is 346 g/mol. The van der Waals surface area contributed by atoms with Crippen LogP contribution in [0.1, 0.15) is 58.8 Å². The first kappa shape index (κ1) is 20.3. The Kier molecular flexibility index (Phi) is 9.42. The van der Waals surface area contributed by atoms with Crippen molar-refractivity contribution in [2.45, 2.75) is 69.9 Å². The van der Waals surface area contributed by atoms with Crippen molar-refractivity contribution in [3.05, 3.63) is 0 Å². The van der Waals surface area contributed by atoms with Crippen LogP contribution in [0.3, 0.4) is 0 Å². The Morgan fingerprint density at radius 1 is 1.05 bits per heavy atom. The molecule has 0 amide bonds. The summed E-state index contributed by atoms with van der Waals surface area (Å²) >= 11 is 0. The van der Waals surface area contributed by atoms with Crippen LogP contribution in [0.25, 0.3) is 0 Å². The van der Waals surface area contributed by atoms with Gasteiger partial charge in [0.15, 0.2) is 0 Å². The minimum absolute atomic E-state index is 0.417. The fraction of sp³-hybridized carbons (Fsp3) is 1.00. The number of nitrogens with zero attached hydrogens (tertiary/aromatic N) is 1. The Morgan fingerprint density at radius 3 is 2.27 bits per heavy atom. The van der Waals surface area contributed by atoms with Crippen molar-refractivity contribution in [3.63, 3.8) is 0 Å². The topological polar surface area (TPSA) is 30.9 Å². The van der Waals surface area contributed by atoms with Crippen LogP contribution in [0.2, 0.25) is 11.1 Å². The summed E-state index contributed by atoms with van der Waals surface area (Å²) in [6.07, 6.45) is 8.82. The third-order valence-electron chi connectivity index (χ3n) is 5.30. The molecule has 1 saturated heterocycles. The molecule has 0 aliphatic carbocycles. The minimum atomic E-state index is -2.02. The maximum atomic E-state index is 5.77. The second-order valence-electron chi connectivity index (χ2n) is 6.32. The number of unbranched alkanes of at least 4 members (excludes halogenated alkanes) is 2. The van der Waals surface area contributed by atoms with Crippen LogP contribution >= 0.6 is 0 Å². The molecule has 0 N–H and O–H groups in total. The maximum Gasteiger partial charge on any atom is 0.427 e. The van der Waals surface area contributed by atoms with E-state index in [0.29, 0.717) is 14.8 Å². The van der Waals surface area contributed by atoms with E-state index in [4.69, 9.17) is 13.3 Å². The molecule has 0 aromatic carbocycles. The maximum absolute atomic E-state index is 5.77. The first-order chi connectivity index (χ1) is 10.6. The third-order valence-corrected chi connectivity index (χ3v) is 10.6. The smallest absolute Gasteiger partial charge is 0.420 e. The third kappa shape index (κ3) is 5.14. The van der Waals surface area contributed by atoms with E-state index in [1.165, 1.54) is 44.9 Å². The van der Waals surface area contributed by atoms with E-state index < -0.39 is 8.72 Å². The van der Waals surface area contributed by atoms with Gasteiger partial charge < -0.3 is 13.3 Å². The van der Waals surface area contributed by atoms with Crippen LogP contribution < -0.4 is 0 Å². The molecule has 0 aromatic heterocycles. The first-order valence-electron chi connectivity index (χ1n) is 8.77. The number of hydrogen-bond donors (Lipinski definition) is 0. The molecule has 130 valence electrons. The zero-order valence-electron chi connectivity index (χ0n) is 15.2. The molecular formula is C16H35NO3Si2. The van der Waals surface area contributed by atoms with Crippen LogP contribution in [0, 0.1) is 0 Å². The summed E-state index contributed by atoms with van der Waals surface area (Å²) in [7, 11) is 4.09. The standard InChI is InChI=1S/C16H35NO3Si2/c1-6-16(7-2,21-18-3)12-9-8-10-13-17-14-11-15-22(17,19-4)20-5/h6-15H2,1-5H3. The molecule has 22 heavy (non-hydrogen) atoms. The lowest BCUT2D eigenvalue weighted by Crippen LogP contribution is -2.53. The predicted molar refractivity (Wildman–Crippen MR) is 95.3 cm³/mol. The van der Waals surface area contributed by atoms with Crippen molar-refractivity contribution in [1.29, 1.82) is 0 Å². The van der Waals surface area contributed by atoms with E-state index in [-0.39, 0.29) is 0 Å². The van der Waals surface area contributed by atoms with E-state index in [9.17, 15) is 0 Å². The highest BCUT2D eigenvalue weighted by atomic mass is 28.4. The molecule has 0 saturated carbocycles. The van der Waals surface area contributed by atoms with Crippen molar-refractivity contribution in [3.8, 4) is 0 Å². The van der Waals surface area contributed by atoms with E-state index in [1.54, 1.807) is 0 Å². The van der Waals surface area contributed by atoms with Gasteiger partial charge in [-0.05, 0) is 37.4 Å². The molecule has 0 atom stereocenters. The van der Waals surface area contributed by atoms with Crippen molar-refractivity contribution in [2.24, 2.45) is 0 Å². The van der Waals surface area contributed by atoms with Crippen LogP contribution in [0.15, 0.2) is 0 Å². The van der Waals surface area contributed by atoms with Gasteiger partial charge in [-0.25, -0.2) is 0 Å². The van der Waals surface area contributed by atoms with Gasteiger partial charge in [0.1, 0.15) is 0 Å². The Hall–Kier alpha value is 0.274. The molecule has 1 heterocycles. The second kappa shape index (κ2) is 10.2. The highest BCUT2D eigenvalue weighted by Crippen LogP contribution is 2.39. The minimum Gasteiger partial charge on any atom is -0.420 e. The molecule has 0 spiro atoms. The van der Waals surface area contributed by atoms with E-state index in [2.05, 4.69) is 18.4 Å². The van der Waals surface area contributed by atoms with Gasteiger partial charge >= 0.3 is 8.72 Å². The van der Waals surface area contributed by atoms with Gasteiger partial charge in [0, 0.05) is 27.4 Å². The van der Waals surface area contributed by atoms with Gasteiger partial charge in [-0.1, -0.05) is 39.5 Å². The van der Waals surface area contributed by atoms with Crippen LogP contribution in [0.4, 0.5) is 0 Å². The zero-order valence-corrected chi connectivity index (χ0v) is 17.2. The summed E-state index contributed by atoms with van der Waals surface area (Å²) in [6.45, 7) is 6.88. The lowest BCUT2D eigenvalue weighted by molar-refractivity contribution is 0.181. The van der Waals surface area contributed by atoms with E-state index in [0.717, 1.165) is 19.1 Å². The summed E-state index contributed by atoms with van der Waals surface area (Å²) < 4.78 is 19.5. The molecule has 0 unspecified atom stereocenters. The predicted octanol–water partition coefficient (Wildman–Crippen LogP) is 3.73. The summed E-state index contributed by atoms with van der Waals surface area (Å²) in [4.78, 5) is 0. The normalized spacial score (nSPS) is 19.0. The fourth-order valence-corrected chi connectivity index (χ4v) is 7.62. The van der Waals surface area contributed by atoms with Gasteiger partial charge in [-0.3, -0.25) is 4.57 Å². The Labute approximate surface area is 141 Å². The van der Waals surface area contributed by atoms with Gasteiger partial charge in [0.05, 0.1) is 0 Å². The van der Waals surface area contributed by atoms with Crippen LogP contribution in [0.5, 0.6) is 0 Å². The highest BCUT2D eigenvalue weighted by molar-refractivity contribution is 6.65. The molecule has 2 radical (unpaired) electrons. The average Bonchev–Trinajstić information content (AvgIpc) is 2.97. The number of rotatable bonds is 12. The van der Waals surface area contributed by atoms with Crippen LogP contribution in [-0.2, 0) is 13.3 Å². The quantitative estimate of drug-likeness (QED) is 0.398. The first-order valence-corrected chi connectivity index (χ1v) is 11.7.